The highest BCUT2D eigenvalue weighted by molar-refractivity contribution is 9.10. The van der Waals surface area contributed by atoms with Crippen LogP contribution in [0.15, 0.2) is 21.7 Å². The van der Waals surface area contributed by atoms with E-state index in [-0.39, 0.29) is 12.5 Å². The van der Waals surface area contributed by atoms with Gasteiger partial charge < -0.3 is 19.3 Å². The first-order valence-corrected chi connectivity index (χ1v) is 9.21. The lowest BCUT2D eigenvalue weighted by Gasteiger charge is -2.25. The minimum absolute atomic E-state index is 0.210. The molecule has 148 valence electrons. The van der Waals surface area contributed by atoms with Crippen LogP contribution in [-0.4, -0.2) is 74.2 Å². The molecular formula is C17H22BrN3O6. The number of morpholine rings is 1. The number of carboxylic acids is 1. The molecule has 0 unspecified atom stereocenters. The molecule has 10 heteroatoms. The molecule has 0 aromatic heterocycles. The smallest absolute Gasteiger partial charge is 0.341 e. The Morgan fingerprint density at radius 2 is 2.11 bits per heavy atom. The third kappa shape index (κ3) is 7.16. The number of hydrazone groups is 1. The molecule has 1 amide bonds. The third-order valence-corrected chi connectivity index (χ3v) is 4.13. The summed E-state index contributed by atoms with van der Waals surface area (Å²) in [6.45, 7) is 4.66. The van der Waals surface area contributed by atoms with Crippen molar-refractivity contribution < 1.29 is 28.9 Å². The van der Waals surface area contributed by atoms with Crippen LogP contribution in [0.4, 0.5) is 0 Å². The number of carbonyl (C=O) groups is 2. The number of aliphatic carboxylic acids is 1. The average molecular weight is 444 g/mol. The van der Waals surface area contributed by atoms with Crippen LogP contribution in [0.2, 0.25) is 0 Å². The minimum atomic E-state index is -1.09. The van der Waals surface area contributed by atoms with Crippen molar-refractivity contribution in [1.82, 2.24) is 10.3 Å². The van der Waals surface area contributed by atoms with Crippen molar-refractivity contribution in [2.45, 2.75) is 6.92 Å². The van der Waals surface area contributed by atoms with E-state index in [0.29, 0.717) is 41.4 Å². The number of nitrogens with zero attached hydrogens (tertiary/aromatic N) is 2. The summed E-state index contributed by atoms with van der Waals surface area (Å²) in [7, 11) is 0. The summed E-state index contributed by atoms with van der Waals surface area (Å²) in [6.07, 6.45) is 1.48. The Balaban J connectivity index is 1.98. The maximum Gasteiger partial charge on any atom is 0.341 e. The Morgan fingerprint density at radius 1 is 1.37 bits per heavy atom. The van der Waals surface area contributed by atoms with Gasteiger partial charge in [-0.3, -0.25) is 9.69 Å². The number of carbonyl (C=O) groups excluding carboxylic acids is 1. The molecule has 1 aromatic carbocycles. The molecule has 0 aliphatic carbocycles. The Morgan fingerprint density at radius 3 is 2.78 bits per heavy atom. The van der Waals surface area contributed by atoms with Crippen LogP contribution in [-0.2, 0) is 14.3 Å². The van der Waals surface area contributed by atoms with Crippen LogP contribution in [0, 0.1) is 0 Å². The summed E-state index contributed by atoms with van der Waals surface area (Å²) in [5.74, 6) is -0.612. The predicted octanol–water partition coefficient (Wildman–Crippen LogP) is 1.09. The summed E-state index contributed by atoms with van der Waals surface area (Å²) >= 11 is 3.34. The zero-order valence-electron chi connectivity index (χ0n) is 14.9. The van der Waals surface area contributed by atoms with Crippen LogP contribution in [0.3, 0.4) is 0 Å². The average Bonchev–Trinajstić information content (AvgIpc) is 2.62. The van der Waals surface area contributed by atoms with Gasteiger partial charge in [0.15, 0.2) is 18.1 Å². The van der Waals surface area contributed by atoms with Gasteiger partial charge in [0, 0.05) is 13.1 Å². The molecule has 1 saturated heterocycles. The second-order valence-corrected chi connectivity index (χ2v) is 6.48. The standard InChI is InChI=1S/C17H22BrN3O6/c1-2-26-14-8-12(7-13(18)17(14)27-11-16(23)24)9-19-20-15(22)10-21-3-5-25-6-4-21/h7-9H,2-6,10-11H2,1H3,(H,20,22)(H,23,24)/b19-9+. The van der Waals surface area contributed by atoms with Gasteiger partial charge in [-0.2, -0.15) is 5.10 Å². The Kier molecular flexibility index (Phi) is 8.49. The number of halogens is 1. The first-order chi connectivity index (χ1) is 13.0. The number of carboxylic acid groups (broad SMARTS) is 1. The van der Waals surface area contributed by atoms with E-state index in [1.807, 2.05) is 11.8 Å². The molecule has 1 heterocycles. The van der Waals surface area contributed by atoms with Gasteiger partial charge >= 0.3 is 5.97 Å². The summed E-state index contributed by atoms with van der Waals surface area (Å²) in [6, 6.07) is 3.35. The van der Waals surface area contributed by atoms with Gasteiger partial charge in [0.2, 0.25) is 0 Å². The van der Waals surface area contributed by atoms with Gasteiger partial charge in [-0.25, -0.2) is 10.2 Å². The van der Waals surface area contributed by atoms with E-state index in [2.05, 4.69) is 26.5 Å². The molecule has 1 fully saturated rings. The molecule has 1 aromatic rings. The lowest BCUT2D eigenvalue weighted by molar-refractivity contribution is -0.139. The molecule has 0 radical (unpaired) electrons. The monoisotopic (exact) mass is 443 g/mol. The third-order valence-electron chi connectivity index (χ3n) is 3.55. The topological polar surface area (TPSA) is 110 Å². The van der Waals surface area contributed by atoms with Crippen molar-refractivity contribution in [2.75, 3.05) is 46.1 Å². The van der Waals surface area contributed by atoms with E-state index in [9.17, 15) is 9.59 Å². The highest BCUT2D eigenvalue weighted by Crippen LogP contribution is 2.36. The Bertz CT molecular complexity index is 691. The first-order valence-electron chi connectivity index (χ1n) is 8.42. The summed E-state index contributed by atoms with van der Waals surface area (Å²) < 4.78 is 16.5. The molecule has 9 nitrogen and oxygen atoms in total. The fourth-order valence-electron chi connectivity index (χ4n) is 2.38. The fraction of sp³-hybridized carbons (Fsp3) is 0.471. The highest BCUT2D eigenvalue weighted by Gasteiger charge is 2.15. The number of hydrogen-bond donors (Lipinski definition) is 2. The van der Waals surface area contributed by atoms with Gasteiger partial charge in [0.1, 0.15) is 0 Å². The minimum Gasteiger partial charge on any atom is -0.490 e. The number of ether oxygens (including phenoxy) is 3. The highest BCUT2D eigenvalue weighted by atomic mass is 79.9. The quantitative estimate of drug-likeness (QED) is 0.434. The molecule has 27 heavy (non-hydrogen) atoms. The van der Waals surface area contributed by atoms with Crippen LogP contribution in [0.5, 0.6) is 11.5 Å². The molecule has 0 spiro atoms. The zero-order chi connectivity index (χ0) is 19.6. The van der Waals surface area contributed by atoms with Crippen molar-refractivity contribution in [2.24, 2.45) is 5.10 Å². The van der Waals surface area contributed by atoms with Gasteiger partial charge in [0.25, 0.3) is 5.91 Å². The maximum atomic E-state index is 11.9. The molecule has 1 aliphatic rings. The summed E-state index contributed by atoms with van der Waals surface area (Å²) in [4.78, 5) is 24.6. The van der Waals surface area contributed by atoms with E-state index >= 15 is 0 Å². The molecule has 0 atom stereocenters. The van der Waals surface area contributed by atoms with Crippen LogP contribution in [0.1, 0.15) is 12.5 Å². The van der Waals surface area contributed by atoms with Crippen molar-refractivity contribution >= 4 is 34.0 Å². The summed E-state index contributed by atoms with van der Waals surface area (Å²) in [5.41, 5.74) is 3.14. The van der Waals surface area contributed by atoms with Crippen molar-refractivity contribution in [3.63, 3.8) is 0 Å². The van der Waals surface area contributed by atoms with E-state index in [1.54, 1.807) is 12.1 Å². The van der Waals surface area contributed by atoms with Gasteiger partial charge in [-0.1, -0.05) is 0 Å². The number of rotatable bonds is 9. The van der Waals surface area contributed by atoms with E-state index in [4.69, 9.17) is 19.3 Å². The molecular weight excluding hydrogens is 422 g/mol. The largest absolute Gasteiger partial charge is 0.490 e. The predicted molar refractivity (Wildman–Crippen MR) is 101 cm³/mol. The normalized spacial score (nSPS) is 14.9. The fourth-order valence-corrected chi connectivity index (χ4v) is 2.95. The number of benzene rings is 1. The van der Waals surface area contributed by atoms with Gasteiger partial charge in [-0.15, -0.1) is 0 Å². The van der Waals surface area contributed by atoms with Gasteiger partial charge in [-0.05, 0) is 40.5 Å². The van der Waals surface area contributed by atoms with Crippen LogP contribution >= 0.6 is 15.9 Å². The summed E-state index contributed by atoms with van der Waals surface area (Å²) in [5, 5.41) is 12.7. The van der Waals surface area contributed by atoms with Crippen LogP contribution in [0.25, 0.3) is 0 Å². The molecule has 1 aliphatic heterocycles. The van der Waals surface area contributed by atoms with Crippen LogP contribution < -0.4 is 14.9 Å². The lowest BCUT2D eigenvalue weighted by Crippen LogP contribution is -2.42. The van der Waals surface area contributed by atoms with E-state index in [0.717, 1.165) is 13.1 Å². The molecule has 0 saturated carbocycles. The molecule has 2 rings (SSSR count). The molecule has 0 bridgehead atoms. The maximum absolute atomic E-state index is 11.9. The second kappa shape index (κ2) is 10.9. The van der Waals surface area contributed by atoms with Crippen molar-refractivity contribution in [1.29, 1.82) is 0 Å². The zero-order valence-corrected chi connectivity index (χ0v) is 16.5. The first kappa shape index (κ1) is 21.1. The van der Waals surface area contributed by atoms with Gasteiger partial charge in [0.05, 0.1) is 37.1 Å². The van der Waals surface area contributed by atoms with E-state index < -0.39 is 12.6 Å². The van der Waals surface area contributed by atoms with Crippen molar-refractivity contribution in [3.05, 3.63) is 22.2 Å². The second-order valence-electron chi connectivity index (χ2n) is 5.63. The van der Waals surface area contributed by atoms with E-state index in [1.165, 1.54) is 6.21 Å². The lowest BCUT2D eigenvalue weighted by atomic mass is 10.2. The molecule has 2 N–H and O–H groups in total. The Labute approximate surface area is 165 Å². The number of nitrogens with one attached hydrogen (secondary N) is 1. The number of hydrogen-bond acceptors (Lipinski definition) is 7. The Hall–Kier alpha value is -2.17. The number of amides is 1. The van der Waals surface area contributed by atoms with Crippen molar-refractivity contribution in [3.8, 4) is 11.5 Å². The SMILES string of the molecule is CCOc1cc(/C=N/NC(=O)CN2CCOCC2)cc(Br)c1OCC(=O)O.